The van der Waals surface area contributed by atoms with Crippen LogP contribution in [-0.4, -0.2) is 60.3 Å². The maximum absolute atomic E-state index is 13.6. The van der Waals surface area contributed by atoms with E-state index in [0.717, 1.165) is 11.3 Å². The molecule has 0 unspecified atom stereocenters. The van der Waals surface area contributed by atoms with Gasteiger partial charge in [0, 0.05) is 31.9 Å². The summed E-state index contributed by atoms with van der Waals surface area (Å²) in [4.78, 5) is 25.4. The summed E-state index contributed by atoms with van der Waals surface area (Å²) in [6, 6.07) is 12.4. The standard InChI is InChI=1S/C24H30FN3O5/c1-28(14-15-6-8-17(32-2)9-7-15)23-19(27-22(30)11-10-21(26)29)13-20(24(23)31)33-18-5-3-4-16(25)12-18/h3-9,12,19-20,23-24,31H,10-11,13-14H2,1-2H3,(H2,26,29)(H,27,30)/t19-,20-,23+,24+/m1/s1. The normalized spacial score (nSPS) is 22.2. The number of aliphatic hydroxyl groups is 1. The predicted octanol–water partition coefficient (Wildman–Crippen LogP) is 1.60. The molecule has 9 heteroatoms. The summed E-state index contributed by atoms with van der Waals surface area (Å²) in [5.41, 5.74) is 6.15. The first-order chi connectivity index (χ1) is 15.8. The summed E-state index contributed by atoms with van der Waals surface area (Å²) >= 11 is 0. The second kappa shape index (κ2) is 11.1. The van der Waals surface area contributed by atoms with E-state index in [9.17, 15) is 19.1 Å². The number of rotatable bonds is 10. The maximum Gasteiger partial charge on any atom is 0.220 e. The first-order valence-corrected chi connectivity index (χ1v) is 10.8. The van der Waals surface area contributed by atoms with Crippen molar-refractivity contribution in [2.75, 3.05) is 14.2 Å². The number of aliphatic hydroxyl groups excluding tert-OH is 1. The summed E-state index contributed by atoms with van der Waals surface area (Å²) in [7, 11) is 3.45. The third-order valence-corrected chi connectivity index (χ3v) is 5.76. The van der Waals surface area contributed by atoms with Crippen LogP contribution in [0.1, 0.15) is 24.8 Å². The molecule has 1 saturated carbocycles. The van der Waals surface area contributed by atoms with Gasteiger partial charge in [0.2, 0.25) is 11.8 Å². The van der Waals surface area contributed by atoms with Crippen LogP contribution in [0.2, 0.25) is 0 Å². The van der Waals surface area contributed by atoms with E-state index in [4.69, 9.17) is 15.2 Å². The van der Waals surface area contributed by atoms with Crippen LogP contribution in [0.25, 0.3) is 0 Å². The number of halogens is 1. The number of nitrogens with one attached hydrogen (secondary N) is 1. The number of hydrogen-bond acceptors (Lipinski definition) is 6. The highest BCUT2D eigenvalue weighted by molar-refractivity contribution is 5.83. The Morgan fingerprint density at radius 1 is 1.18 bits per heavy atom. The molecule has 0 aromatic heterocycles. The molecule has 0 heterocycles. The van der Waals surface area contributed by atoms with Crippen molar-refractivity contribution >= 4 is 11.8 Å². The van der Waals surface area contributed by atoms with Crippen molar-refractivity contribution < 1.29 is 28.6 Å². The van der Waals surface area contributed by atoms with Crippen LogP contribution in [0.3, 0.4) is 0 Å². The van der Waals surface area contributed by atoms with Crippen LogP contribution >= 0.6 is 0 Å². The lowest BCUT2D eigenvalue weighted by molar-refractivity contribution is -0.125. The molecular formula is C24H30FN3O5. The highest BCUT2D eigenvalue weighted by Crippen LogP contribution is 2.30. The lowest BCUT2D eigenvalue weighted by Crippen LogP contribution is -2.51. The van der Waals surface area contributed by atoms with Crippen LogP contribution in [0.4, 0.5) is 4.39 Å². The summed E-state index contributed by atoms with van der Waals surface area (Å²) in [6.45, 7) is 0.506. The molecule has 0 saturated heterocycles. The number of amides is 2. The van der Waals surface area contributed by atoms with Gasteiger partial charge in [-0.25, -0.2) is 4.39 Å². The molecule has 4 N–H and O–H groups in total. The zero-order chi connectivity index (χ0) is 24.0. The second-order valence-electron chi connectivity index (χ2n) is 8.23. The minimum absolute atomic E-state index is 0.0355. The molecule has 1 aliphatic carbocycles. The molecule has 1 fully saturated rings. The largest absolute Gasteiger partial charge is 0.497 e. The number of ether oxygens (including phenoxy) is 2. The Labute approximate surface area is 192 Å². The number of benzene rings is 2. The lowest BCUT2D eigenvalue weighted by Gasteiger charge is -2.32. The summed E-state index contributed by atoms with van der Waals surface area (Å²) in [5.74, 6) is -0.288. The fourth-order valence-corrected chi connectivity index (χ4v) is 4.17. The number of nitrogens with zero attached hydrogens (tertiary/aromatic N) is 1. The van der Waals surface area contributed by atoms with Gasteiger partial charge in [-0.2, -0.15) is 0 Å². The van der Waals surface area contributed by atoms with Crippen LogP contribution in [0.5, 0.6) is 11.5 Å². The predicted molar refractivity (Wildman–Crippen MR) is 120 cm³/mol. The Hall–Kier alpha value is -3.17. The average molecular weight is 460 g/mol. The minimum Gasteiger partial charge on any atom is -0.497 e. The molecule has 1 aliphatic rings. The first-order valence-electron chi connectivity index (χ1n) is 10.8. The number of carbonyl (C=O) groups is 2. The van der Waals surface area contributed by atoms with Crippen molar-refractivity contribution in [1.29, 1.82) is 0 Å². The number of carbonyl (C=O) groups excluding carboxylic acids is 2. The van der Waals surface area contributed by atoms with Gasteiger partial charge in [-0.15, -0.1) is 0 Å². The molecule has 2 aromatic carbocycles. The minimum atomic E-state index is -0.946. The Kier molecular flexibility index (Phi) is 8.24. The lowest BCUT2D eigenvalue weighted by atomic mass is 10.1. The van der Waals surface area contributed by atoms with E-state index in [-0.39, 0.29) is 18.7 Å². The summed E-state index contributed by atoms with van der Waals surface area (Å²) in [6.07, 6.45) is -1.38. The van der Waals surface area contributed by atoms with E-state index in [1.54, 1.807) is 13.2 Å². The molecule has 2 aromatic rings. The van der Waals surface area contributed by atoms with Gasteiger partial charge >= 0.3 is 0 Å². The Bertz CT molecular complexity index is 955. The molecule has 0 bridgehead atoms. The average Bonchev–Trinajstić information content (AvgIpc) is 3.07. The van der Waals surface area contributed by atoms with Gasteiger partial charge in [-0.1, -0.05) is 18.2 Å². The number of methoxy groups -OCH3 is 1. The van der Waals surface area contributed by atoms with Crippen LogP contribution in [0.15, 0.2) is 48.5 Å². The number of nitrogens with two attached hydrogens (primary N) is 1. The first kappa shape index (κ1) is 24.5. The number of hydrogen-bond donors (Lipinski definition) is 3. The summed E-state index contributed by atoms with van der Waals surface area (Å²) in [5, 5.41) is 14.0. The highest BCUT2D eigenvalue weighted by Gasteiger charge is 2.46. The Morgan fingerprint density at radius 3 is 2.55 bits per heavy atom. The Balaban J connectivity index is 1.75. The fourth-order valence-electron chi connectivity index (χ4n) is 4.17. The van der Waals surface area contributed by atoms with Crippen molar-refractivity contribution in [1.82, 2.24) is 10.2 Å². The molecule has 0 radical (unpaired) electrons. The monoisotopic (exact) mass is 459 g/mol. The smallest absolute Gasteiger partial charge is 0.220 e. The van der Waals surface area contributed by atoms with Crippen LogP contribution < -0.4 is 20.5 Å². The van der Waals surface area contributed by atoms with Gasteiger partial charge in [0.15, 0.2) is 0 Å². The fraction of sp³-hybridized carbons (Fsp3) is 0.417. The maximum atomic E-state index is 13.6. The molecule has 178 valence electrons. The summed E-state index contributed by atoms with van der Waals surface area (Å²) < 4.78 is 24.7. The SMILES string of the molecule is COc1ccc(CN(C)[C@@H]2[C@@H](O)[C@H](Oc3cccc(F)c3)C[C@H]2NC(=O)CCC(N)=O)cc1. The van der Waals surface area contributed by atoms with E-state index >= 15 is 0 Å². The third-order valence-electron chi connectivity index (χ3n) is 5.76. The molecule has 4 atom stereocenters. The van der Waals surface area contributed by atoms with Crippen molar-refractivity contribution in [3.05, 3.63) is 59.9 Å². The van der Waals surface area contributed by atoms with Gasteiger partial charge in [0.25, 0.3) is 0 Å². The van der Waals surface area contributed by atoms with Gasteiger partial charge in [0.1, 0.15) is 29.5 Å². The van der Waals surface area contributed by atoms with Crippen LogP contribution in [0, 0.1) is 5.82 Å². The van der Waals surface area contributed by atoms with Crippen molar-refractivity contribution in [3.63, 3.8) is 0 Å². The van der Waals surface area contributed by atoms with Crippen molar-refractivity contribution in [3.8, 4) is 11.5 Å². The van der Waals surface area contributed by atoms with Crippen molar-refractivity contribution in [2.45, 2.75) is 50.1 Å². The van der Waals surface area contributed by atoms with E-state index in [1.165, 1.54) is 18.2 Å². The highest BCUT2D eigenvalue weighted by atomic mass is 19.1. The molecule has 0 aliphatic heterocycles. The number of likely N-dealkylation sites (N-methyl/N-ethyl adjacent to an activating group) is 1. The van der Waals surface area contributed by atoms with Crippen LogP contribution in [-0.2, 0) is 16.1 Å². The Morgan fingerprint density at radius 2 is 1.91 bits per heavy atom. The van der Waals surface area contributed by atoms with E-state index in [2.05, 4.69) is 5.32 Å². The van der Waals surface area contributed by atoms with E-state index in [0.29, 0.717) is 18.7 Å². The quantitative estimate of drug-likeness (QED) is 0.497. The van der Waals surface area contributed by atoms with E-state index in [1.807, 2.05) is 36.2 Å². The van der Waals surface area contributed by atoms with E-state index < -0.39 is 36.0 Å². The molecule has 33 heavy (non-hydrogen) atoms. The van der Waals surface area contributed by atoms with Gasteiger partial charge in [-0.05, 0) is 36.9 Å². The molecule has 8 nitrogen and oxygen atoms in total. The topological polar surface area (TPSA) is 114 Å². The molecular weight excluding hydrogens is 429 g/mol. The van der Waals surface area contributed by atoms with Crippen molar-refractivity contribution in [2.24, 2.45) is 5.73 Å². The van der Waals surface area contributed by atoms with Gasteiger partial charge in [-0.3, -0.25) is 14.5 Å². The molecule has 2 amide bonds. The zero-order valence-corrected chi connectivity index (χ0v) is 18.7. The number of primary amides is 1. The second-order valence-corrected chi connectivity index (χ2v) is 8.23. The zero-order valence-electron chi connectivity index (χ0n) is 18.7. The van der Waals surface area contributed by atoms with Gasteiger partial charge in [0.05, 0.1) is 19.2 Å². The van der Waals surface area contributed by atoms with Gasteiger partial charge < -0.3 is 25.6 Å². The third kappa shape index (κ3) is 6.66. The molecule has 3 rings (SSSR count). The molecule has 0 spiro atoms.